The lowest BCUT2D eigenvalue weighted by Crippen LogP contribution is -2.27. The molecule has 1 atom stereocenters. The number of rotatable bonds is 7. The third kappa shape index (κ3) is 4.60. The quantitative estimate of drug-likeness (QED) is 0.455. The minimum Gasteiger partial charge on any atom is -0.497 e. The maximum atomic E-state index is 13.2. The molecule has 2 aromatic carbocycles. The van der Waals surface area contributed by atoms with Crippen molar-refractivity contribution < 1.29 is 19.0 Å². The van der Waals surface area contributed by atoms with Crippen LogP contribution in [-0.4, -0.2) is 34.4 Å². The zero-order valence-electron chi connectivity index (χ0n) is 17.1. The topological polar surface area (TPSA) is 76.4 Å². The van der Waals surface area contributed by atoms with Crippen molar-refractivity contribution in [1.29, 1.82) is 0 Å². The van der Waals surface area contributed by atoms with E-state index in [9.17, 15) is 14.3 Å². The Hall–Kier alpha value is -3.23. The molecule has 0 saturated carbocycles. The number of carbonyl (C=O) groups excluding carboxylic acids is 1. The van der Waals surface area contributed by atoms with Crippen molar-refractivity contribution in [2.24, 2.45) is 0 Å². The number of ether oxygens (including phenoxy) is 1. The second-order valence-electron chi connectivity index (χ2n) is 7.20. The van der Waals surface area contributed by atoms with E-state index in [1.54, 1.807) is 43.5 Å². The van der Waals surface area contributed by atoms with E-state index in [0.29, 0.717) is 22.7 Å². The zero-order chi connectivity index (χ0) is 22.0. The number of thiophene rings is 1. The van der Waals surface area contributed by atoms with Gasteiger partial charge in [-0.1, -0.05) is 24.3 Å². The van der Waals surface area contributed by atoms with Crippen LogP contribution in [0.15, 0.2) is 54.6 Å². The van der Waals surface area contributed by atoms with E-state index in [-0.39, 0.29) is 18.3 Å². The summed E-state index contributed by atoms with van der Waals surface area (Å²) >= 11 is 1.34. The average molecular weight is 440 g/mol. The third-order valence-electron chi connectivity index (χ3n) is 5.03. The number of nitrogens with zero attached hydrogens (tertiary/aromatic N) is 2. The normalized spacial score (nSPS) is 12.1. The molecule has 0 radical (unpaired) electrons. The van der Waals surface area contributed by atoms with Crippen LogP contribution in [0.2, 0.25) is 0 Å². The lowest BCUT2D eigenvalue weighted by atomic mass is 10.1. The molecule has 2 aromatic heterocycles. The van der Waals surface area contributed by atoms with Gasteiger partial charge >= 0.3 is 0 Å². The van der Waals surface area contributed by atoms with E-state index < -0.39 is 6.10 Å². The Morgan fingerprint density at radius 1 is 1.23 bits per heavy atom. The fraction of sp³-hybridized carbons (Fsp3) is 0.217. The first kappa shape index (κ1) is 21.0. The zero-order valence-corrected chi connectivity index (χ0v) is 17.9. The van der Waals surface area contributed by atoms with Crippen molar-refractivity contribution in [2.45, 2.75) is 19.6 Å². The Morgan fingerprint density at radius 2 is 1.94 bits per heavy atom. The number of benzene rings is 2. The number of hydrogen-bond donors (Lipinski definition) is 2. The Bertz CT molecular complexity index is 1200. The summed E-state index contributed by atoms with van der Waals surface area (Å²) in [7, 11) is 1.58. The van der Waals surface area contributed by atoms with E-state index in [2.05, 4.69) is 10.4 Å². The fourth-order valence-corrected chi connectivity index (χ4v) is 4.39. The van der Waals surface area contributed by atoms with Crippen LogP contribution < -0.4 is 10.1 Å². The number of nitrogens with one attached hydrogen (secondary N) is 1. The van der Waals surface area contributed by atoms with Crippen LogP contribution >= 0.6 is 11.3 Å². The molecule has 0 spiro atoms. The predicted molar refractivity (Wildman–Crippen MR) is 118 cm³/mol. The summed E-state index contributed by atoms with van der Waals surface area (Å²) in [6.45, 7) is 2.48. The summed E-state index contributed by atoms with van der Waals surface area (Å²) in [5.41, 5.74) is 2.45. The number of aliphatic hydroxyl groups is 1. The molecule has 0 saturated heterocycles. The van der Waals surface area contributed by atoms with Gasteiger partial charge in [0.2, 0.25) is 0 Å². The number of aryl methyl sites for hydroxylation is 1. The van der Waals surface area contributed by atoms with E-state index in [1.165, 1.54) is 23.5 Å². The molecule has 1 unspecified atom stereocenters. The summed E-state index contributed by atoms with van der Waals surface area (Å²) in [6.07, 6.45) is -0.820. The number of methoxy groups -OCH3 is 1. The lowest BCUT2D eigenvalue weighted by Gasteiger charge is -2.12. The van der Waals surface area contributed by atoms with Gasteiger partial charge in [-0.25, -0.2) is 4.39 Å². The van der Waals surface area contributed by atoms with Crippen molar-refractivity contribution in [3.63, 3.8) is 0 Å². The highest BCUT2D eigenvalue weighted by Crippen LogP contribution is 2.29. The molecular formula is C23H22FN3O3S. The third-order valence-corrected chi connectivity index (χ3v) is 6.18. The molecule has 0 fully saturated rings. The number of aromatic nitrogens is 2. The highest BCUT2D eigenvalue weighted by Gasteiger charge is 2.18. The van der Waals surface area contributed by atoms with Gasteiger partial charge < -0.3 is 15.2 Å². The van der Waals surface area contributed by atoms with Crippen LogP contribution in [-0.2, 0) is 6.54 Å². The first-order valence-corrected chi connectivity index (χ1v) is 10.6. The van der Waals surface area contributed by atoms with Gasteiger partial charge in [0, 0.05) is 11.9 Å². The largest absolute Gasteiger partial charge is 0.497 e. The molecule has 4 aromatic rings. The monoisotopic (exact) mass is 439 g/mol. The van der Waals surface area contributed by atoms with Gasteiger partial charge in [0.1, 0.15) is 16.4 Å². The Morgan fingerprint density at radius 3 is 2.61 bits per heavy atom. The summed E-state index contributed by atoms with van der Waals surface area (Å²) in [4.78, 5) is 14.1. The van der Waals surface area contributed by atoms with Gasteiger partial charge in [0.25, 0.3) is 5.91 Å². The molecule has 0 aliphatic heterocycles. The Labute approximate surface area is 182 Å². The minimum absolute atomic E-state index is 0.0973. The minimum atomic E-state index is -0.820. The van der Waals surface area contributed by atoms with Crippen molar-refractivity contribution in [3.05, 3.63) is 82.1 Å². The standard InChI is InChI=1S/C23H22FN3O3S/c1-14-19-11-21(22(29)25-12-20(28)16-5-9-18(30-2)10-6-16)31-23(19)27(26-14)13-15-3-7-17(24)8-4-15/h3-11,20,28H,12-13H2,1-2H3,(H,25,29). The molecule has 2 heterocycles. The number of halogens is 1. The average Bonchev–Trinajstić information content (AvgIpc) is 3.35. The second kappa shape index (κ2) is 8.87. The summed E-state index contributed by atoms with van der Waals surface area (Å²) in [6, 6.07) is 15.2. The van der Waals surface area contributed by atoms with Crippen molar-refractivity contribution in [3.8, 4) is 5.75 Å². The summed E-state index contributed by atoms with van der Waals surface area (Å²) in [5.74, 6) is 0.175. The smallest absolute Gasteiger partial charge is 0.261 e. The number of amides is 1. The van der Waals surface area contributed by atoms with E-state index in [0.717, 1.165) is 21.5 Å². The lowest BCUT2D eigenvalue weighted by molar-refractivity contribution is 0.0920. The molecule has 1 amide bonds. The van der Waals surface area contributed by atoms with Gasteiger partial charge in [0.05, 0.1) is 30.3 Å². The van der Waals surface area contributed by atoms with Crippen LogP contribution in [0.4, 0.5) is 4.39 Å². The van der Waals surface area contributed by atoms with E-state index >= 15 is 0 Å². The number of fused-ring (bicyclic) bond motifs is 1. The first-order valence-electron chi connectivity index (χ1n) is 9.76. The molecular weight excluding hydrogens is 417 g/mol. The van der Waals surface area contributed by atoms with Crippen molar-refractivity contribution in [2.75, 3.05) is 13.7 Å². The maximum Gasteiger partial charge on any atom is 0.261 e. The summed E-state index contributed by atoms with van der Waals surface area (Å²) < 4.78 is 20.1. The van der Waals surface area contributed by atoms with Gasteiger partial charge in [-0.15, -0.1) is 11.3 Å². The van der Waals surface area contributed by atoms with Crippen LogP contribution in [0.3, 0.4) is 0 Å². The molecule has 160 valence electrons. The molecule has 8 heteroatoms. The fourth-order valence-electron chi connectivity index (χ4n) is 3.31. The molecule has 0 aliphatic carbocycles. The molecule has 2 N–H and O–H groups in total. The van der Waals surface area contributed by atoms with Gasteiger partial charge in [-0.2, -0.15) is 5.10 Å². The van der Waals surface area contributed by atoms with Crippen molar-refractivity contribution >= 4 is 27.5 Å². The van der Waals surface area contributed by atoms with Crippen LogP contribution in [0.5, 0.6) is 5.75 Å². The van der Waals surface area contributed by atoms with Crippen LogP contribution in [0.1, 0.15) is 32.6 Å². The number of hydrogen-bond acceptors (Lipinski definition) is 5. The molecule has 31 heavy (non-hydrogen) atoms. The van der Waals surface area contributed by atoms with Crippen LogP contribution in [0, 0.1) is 12.7 Å². The Balaban J connectivity index is 1.46. The number of aliphatic hydroxyl groups excluding tert-OH is 1. The molecule has 6 nitrogen and oxygen atoms in total. The van der Waals surface area contributed by atoms with Gasteiger partial charge in [0.15, 0.2) is 0 Å². The molecule has 0 bridgehead atoms. The van der Waals surface area contributed by atoms with E-state index in [1.807, 2.05) is 17.7 Å². The highest BCUT2D eigenvalue weighted by molar-refractivity contribution is 7.20. The van der Waals surface area contributed by atoms with Gasteiger partial charge in [-0.05, 0) is 48.4 Å². The van der Waals surface area contributed by atoms with Crippen LogP contribution in [0.25, 0.3) is 10.2 Å². The predicted octanol–water partition coefficient (Wildman–Crippen LogP) is 4.07. The van der Waals surface area contributed by atoms with Gasteiger partial charge in [-0.3, -0.25) is 9.48 Å². The first-order chi connectivity index (χ1) is 14.9. The molecule has 0 aliphatic rings. The Kier molecular flexibility index (Phi) is 6.01. The maximum absolute atomic E-state index is 13.2. The second-order valence-corrected chi connectivity index (χ2v) is 8.23. The SMILES string of the molecule is COc1ccc(C(O)CNC(=O)c2cc3c(C)nn(Cc4ccc(F)cc4)c3s2)cc1. The summed E-state index contributed by atoms with van der Waals surface area (Å²) in [5, 5.41) is 18.6. The van der Waals surface area contributed by atoms with Crippen molar-refractivity contribution in [1.82, 2.24) is 15.1 Å². The van der Waals surface area contributed by atoms with E-state index in [4.69, 9.17) is 4.74 Å². The number of carbonyl (C=O) groups is 1. The molecule has 4 rings (SSSR count). The highest BCUT2D eigenvalue weighted by atomic mass is 32.1.